The van der Waals surface area contributed by atoms with Crippen LogP contribution in [0.5, 0.6) is 0 Å². The number of likely N-dealkylation sites (tertiary alicyclic amines) is 1. The van der Waals surface area contributed by atoms with Crippen molar-refractivity contribution >= 4 is 5.91 Å². The number of aromatic amines is 1. The number of hydrogen-bond donors (Lipinski definition) is 2. The molecule has 9 nitrogen and oxygen atoms in total. The van der Waals surface area contributed by atoms with E-state index in [0.717, 1.165) is 19.4 Å². The first kappa shape index (κ1) is 17.5. The Labute approximate surface area is 146 Å². The number of carbonyl (C=O) groups is 1. The number of amides is 1. The minimum Gasteiger partial charge on any atom is -0.339 e. The molecular weight excluding hydrogens is 322 g/mol. The summed E-state index contributed by atoms with van der Waals surface area (Å²) in [5.74, 6) is 1.60. The van der Waals surface area contributed by atoms with Gasteiger partial charge in [-0.1, -0.05) is 19.0 Å². The van der Waals surface area contributed by atoms with Gasteiger partial charge in [-0.05, 0) is 32.6 Å². The van der Waals surface area contributed by atoms with E-state index in [2.05, 4.69) is 44.5 Å². The topological polar surface area (TPSA) is 113 Å². The van der Waals surface area contributed by atoms with Gasteiger partial charge >= 0.3 is 0 Å². The maximum atomic E-state index is 12.7. The second kappa shape index (κ2) is 7.30. The number of hydrogen-bond acceptors (Lipinski definition) is 7. The van der Waals surface area contributed by atoms with E-state index in [1.165, 1.54) is 6.33 Å². The van der Waals surface area contributed by atoms with Gasteiger partial charge in [-0.15, -0.1) is 0 Å². The normalized spacial score (nSPS) is 19.8. The molecular formula is C16H25N7O2. The van der Waals surface area contributed by atoms with Crippen molar-refractivity contribution < 1.29 is 9.32 Å². The lowest BCUT2D eigenvalue weighted by atomic mass is 9.98. The van der Waals surface area contributed by atoms with Gasteiger partial charge in [0.1, 0.15) is 6.33 Å². The number of aromatic nitrogens is 5. The van der Waals surface area contributed by atoms with Crippen LogP contribution in [-0.2, 0) is 4.79 Å². The fraction of sp³-hybridized carbons (Fsp3) is 0.688. The first-order valence-corrected chi connectivity index (χ1v) is 8.73. The summed E-state index contributed by atoms with van der Waals surface area (Å²) in [6.07, 6.45) is 3.19. The summed E-state index contributed by atoms with van der Waals surface area (Å²) in [6, 6.07) is -0.231. The Morgan fingerprint density at radius 1 is 1.36 bits per heavy atom. The quantitative estimate of drug-likeness (QED) is 0.815. The molecule has 9 heteroatoms. The van der Waals surface area contributed by atoms with Crippen molar-refractivity contribution in [2.75, 3.05) is 6.54 Å². The molecule has 2 aromatic heterocycles. The molecule has 3 rings (SSSR count). The molecule has 2 atom stereocenters. The third kappa shape index (κ3) is 3.71. The van der Waals surface area contributed by atoms with Crippen LogP contribution in [0.4, 0.5) is 0 Å². The highest BCUT2D eigenvalue weighted by atomic mass is 16.5. The maximum absolute atomic E-state index is 12.7. The molecule has 0 aromatic carbocycles. The van der Waals surface area contributed by atoms with Gasteiger partial charge in [0.2, 0.25) is 17.6 Å². The number of rotatable bonds is 6. The number of nitrogens with one attached hydrogen (secondary N) is 2. The summed E-state index contributed by atoms with van der Waals surface area (Å²) < 4.78 is 5.43. The fourth-order valence-electron chi connectivity index (χ4n) is 3.10. The lowest BCUT2D eigenvalue weighted by Crippen LogP contribution is -2.54. The Hall–Kier alpha value is -2.29. The van der Waals surface area contributed by atoms with Crippen molar-refractivity contribution in [2.24, 2.45) is 5.92 Å². The van der Waals surface area contributed by atoms with Crippen molar-refractivity contribution in [3.63, 3.8) is 0 Å². The number of H-pyrrole nitrogens is 1. The predicted octanol–water partition coefficient (Wildman–Crippen LogP) is 1.54. The minimum absolute atomic E-state index is 0.141. The van der Waals surface area contributed by atoms with Crippen LogP contribution in [0, 0.1) is 5.92 Å². The maximum Gasteiger partial charge on any atom is 0.244 e. The molecule has 0 bridgehead atoms. The third-order valence-corrected chi connectivity index (χ3v) is 4.48. The summed E-state index contributed by atoms with van der Waals surface area (Å²) in [6.45, 7) is 9.02. The Bertz CT molecular complexity index is 695. The van der Waals surface area contributed by atoms with Crippen molar-refractivity contribution in [3.8, 4) is 11.6 Å². The van der Waals surface area contributed by atoms with Gasteiger partial charge < -0.3 is 9.42 Å². The van der Waals surface area contributed by atoms with E-state index in [4.69, 9.17) is 4.52 Å². The molecule has 1 fully saturated rings. The van der Waals surface area contributed by atoms with Crippen LogP contribution in [0.15, 0.2) is 10.9 Å². The first-order valence-electron chi connectivity index (χ1n) is 8.73. The van der Waals surface area contributed by atoms with E-state index in [1.807, 2.05) is 18.7 Å². The molecule has 1 amide bonds. The summed E-state index contributed by atoms with van der Waals surface area (Å²) in [5, 5.41) is 13.9. The van der Waals surface area contributed by atoms with E-state index < -0.39 is 0 Å². The molecule has 0 spiro atoms. The molecule has 136 valence electrons. The van der Waals surface area contributed by atoms with E-state index in [9.17, 15) is 4.79 Å². The second-order valence-corrected chi connectivity index (χ2v) is 7.00. The lowest BCUT2D eigenvalue weighted by Gasteiger charge is -2.37. The summed E-state index contributed by atoms with van der Waals surface area (Å²) in [4.78, 5) is 23.1. The van der Waals surface area contributed by atoms with Crippen molar-refractivity contribution in [3.05, 3.63) is 12.2 Å². The Morgan fingerprint density at radius 2 is 2.16 bits per heavy atom. The van der Waals surface area contributed by atoms with Gasteiger partial charge in [-0.25, -0.2) is 4.98 Å². The van der Waals surface area contributed by atoms with Crippen LogP contribution in [-0.4, -0.2) is 54.8 Å². The van der Waals surface area contributed by atoms with Crippen molar-refractivity contribution in [2.45, 2.75) is 58.7 Å². The minimum atomic E-state index is -0.232. The fourth-order valence-corrected chi connectivity index (χ4v) is 3.10. The zero-order valence-electron chi connectivity index (χ0n) is 15.1. The average molecular weight is 347 g/mol. The predicted molar refractivity (Wildman–Crippen MR) is 90.3 cm³/mol. The molecule has 0 unspecified atom stereocenters. The molecule has 3 heterocycles. The van der Waals surface area contributed by atoms with E-state index in [1.54, 1.807) is 0 Å². The zero-order valence-corrected chi connectivity index (χ0v) is 15.1. The molecule has 0 saturated carbocycles. The van der Waals surface area contributed by atoms with Gasteiger partial charge in [0.25, 0.3) is 0 Å². The third-order valence-electron chi connectivity index (χ3n) is 4.48. The van der Waals surface area contributed by atoms with Crippen LogP contribution in [0.25, 0.3) is 11.6 Å². The van der Waals surface area contributed by atoms with Gasteiger partial charge in [0, 0.05) is 12.6 Å². The Morgan fingerprint density at radius 3 is 2.80 bits per heavy atom. The monoisotopic (exact) mass is 347 g/mol. The van der Waals surface area contributed by atoms with E-state index in [0.29, 0.717) is 17.5 Å². The van der Waals surface area contributed by atoms with E-state index in [-0.39, 0.29) is 30.0 Å². The molecule has 1 aliphatic rings. The molecule has 2 N–H and O–H groups in total. The van der Waals surface area contributed by atoms with Gasteiger partial charge in [-0.3, -0.25) is 15.2 Å². The smallest absolute Gasteiger partial charge is 0.244 e. The van der Waals surface area contributed by atoms with Crippen LogP contribution in [0.3, 0.4) is 0 Å². The highest BCUT2D eigenvalue weighted by Crippen LogP contribution is 2.25. The summed E-state index contributed by atoms with van der Waals surface area (Å²) in [5.41, 5.74) is 0. The van der Waals surface area contributed by atoms with Gasteiger partial charge in [-0.2, -0.15) is 10.1 Å². The second-order valence-electron chi connectivity index (χ2n) is 7.00. The standard InChI is InChI=1S/C16H25N7O2/c1-9(2)12(15-20-14(22-25-15)13-17-8-18-21-13)19-11-6-5-7-23(10(3)4)16(11)24/h8-12,19H,5-7H2,1-4H3,(H,17,18,21)/t11-,12-/m0/s1. The molecule has 1 aliphatic heterocycles. The van der Waals surface area contributed by atoms with E-state index >= 15 is 0 Å². The SMILES string of the molecule is CC(C)[C@H](N[C@H]1CCCN(C(C)C)C1=O)c1nc(-c2ncn[nH]2)no1. The van der Waals surface area contributed by atoms with Crippen LogP contribution >= 0.6 is 0 Å². The average Bonchev–Trinajstić information content (AvgIpc) is 3.24. The van der Waals surface area contributed by atoms with Crippen molar-refractivity contribution in [1.29, 1.82) is 0 Å². The molecule has 25 heavy (non-hydrogen) atoms. The largest absolute Gasteiger partial charge is 0.339 e. The van der Waals surface area contributed by atoms with Crippen molar-refractivity contribution in [1.82, 2.24) is 35.5 Å². The highest BCUT2D eigenvalue weighted by Gasteiger charge is 2.34. The Balaban J connectivity index is 1.77. The molecule has 1 saturated heterocycles. The highest BCUT2D eigenvalue weighted by molar-refractivity contribution is 5.82. The van der Waals surface area contributed by atoms with Crippen LogP contribution < -0.4 is 5.32 Å². The van der Waals surface area contributed by atoms with Crippen LogP contribution in [0.2, 0.25) is 0 Å². The zero-order chi connectivity index (χ0) is 18.0. The summed E-state index contributed by atoms with van der Waals surface area (Å²) >= 11 is 0. The number of nitrogens with zero attached hydrogens (tertiary/aromatic N) is 5. The number of piperidine rings is 1. The molecule has 2 aromatic rings. The lowest BCUT2D eigenvalue weighted by molar-refractivity contribution is -0.138. The van der Waals surface area contributed by atoms with Gasteiger partial charge in [0.15, 0.2) is 5.82 Å². The molecule has 0 aliphatic carbocycles. The number of carbonyl (C=O) groups excluding carboxylic acids is 1. The summed E-state index contributed by atoms with van der Waals surface area (Å²) in [7, 11) is 0. The first-order chi connectivity index (χ1) is 12.0. The molecule has 0 radical (unpaired) electrons. The van der Waals surface area contributed by atoms with Gasteiger partial charge in [0.05, 0.1) is 12.1 Å². The van der Waals surface area contributed by atoms with Crippen LogP contribution in [0.1, 0.15) is 52.5 Å². The Kier molecular flexibility index (Phi) is 5.12.